The van der Waals surface area contributed by atoms with Crippen LogP contribution in [0.4, 0.5) is 17.2 Å². The van der Waals surface area contributed by atoms with E-state index in [0.29, 0.717) is 57.4 Å². The van der Waals surface area contributed by atoms with Crippen LogP contribution in [0.15, 0.2) is 36.4 Å². The first-order chi connectivity index (χ1) is 18.0. The molecule has 2 aliphatic heterocycles. The second kappa shape index (κ2) is 11.0. The summed E-state index contributed by atoms with van der Waals surface area (Å²) >= 11 is 0. The molecule has 1 aromatic heterocycles. The van der Waals surface area contributed by atoms with Gasteiger partial charge in [0.25, 0.3) is 5.91 Å². The SMILES string of the molecule is COCCC(=O)N1CCN(c2nc(C3CC3)c(N3CCN(C(=O)c4ccccc4)CC3)cc2N)C[C@H]1C. The lowest BCUT2D eigenvalue weighted by atomic mass is 10.1. The second-order valence-electron chi connectivity index (χ2n) is 10.4. The number of ether oxygens (including phenoxy) is 1. The van der Waals surface area contributed by atoms with Gasteiger partial charge in [-0.1, -0.05) is 18.2 Å². The summed E-state index contributed by atoms with van der Waals surface area (Å²) in [5, 5.41) is 0. The minimum absolute atomic E-state index is 0.0820. The summed E-state index contributed by atoms with van der Waals surface area (Å²) in [5.41, 5.74) is 10.3. The van der Waals surface area contributed by atoms with Crippen LogP contribution in [0.2, 0.25) is 0 Å². The summed E-state index contributed by atoms with van der Waals surface area (Å²) in [6.45, 7) is 7.48. The van der Waals surface area contributed by atoms with Crippen LogP contribution in [0.5, 0.6) is 0 Å². The molecule has 0 spiro atoms. The van der Waals surface area contributed by atoms with E-state index in [1.807, 2.05) is 40.1 Å². The van der Waals surface area contributed by atoms with Crippen molar-refractivity contribution in [3.8, 4) is 0 Å². The zero-order valence-corrected chi connectivity index (χ0v) is 21.9. The number of benzene rings is 1. The van der Waals surface area contributed by atoms with E-state index in [9.17, 15) is 9.59 Å². The van der Waals surface area contributed by atoms with E-state index in [-0.39, 0.29) is 17.9 Å². The number of hydrogen-bond acceptors (Lipinski definition) is 7. The fraction of sp³-hybridized carbons (Fsp3) is 0.536. The highest BCUT2D eigenvalue weighted by Crippen LogP contribution is 2.45. The molecule has 198 valence electrons. The molecule has 5 rings (SSSR count). The molecule has 9 heteroatoms. The molecule has 0 bridgehead atoms. The molecule has 1 atom stereocenters. The summed E-state index contributed by atoms with van der Waals surface area (Å²) in [6.07, 6.45) is 2.70. The molecule has 0 radical (unpaired) electrons. The molecular weight excluding hydrogens is 468 g/mol. The zero-order valence-electron chi connectivity index (χ0n) is 21.9. The van der Waals surface area contributed by atoms with Crippen LogP contribution in [-0.4, -0.2) is 92.2 Å². The highest BCUT2D eigenvalue weighted by Gasteiger charge is 2.34. The largest absolute Gasteiger partial charge is 0.396 e. The van der Waals surface area contributed by atoms with Crippen LogP contribution in [0, 0.1) is 0 Å². The minimum atomic E-state index is 0.0820. The summed E-state index contributed by atoms with van der Waals surface area (Å²) in [6, 6.07) is 11.7. The number of carbonyl (C=O) groups excluding carboxylic acids is 2. The Morgan fingerprint density at radius 1 is 1.03 bits per heavy atom. The van der Waals surface area contributed by atoms with E-state index in [2.05, 4.69) is 22.8 Å². The Kier molecular flexibility index (Phi) is 7.50. The van der Waals surface area contributed by atoms with Gasteiger partial charge in [0.05, 0.1) is 30.1 Å². The second-order valence-corrected chi connectivity index (χ2v) is 10.4. The Labute approximate surface area is 219 Å². The van der Waals surface area contributed by atoms with Crippen molar-refractivity contribution in [1.82, 2.24) is 14.8 Å². The maximum atomic E-state index is 12.9. The quantitative estimate of drug-likeness (QED) is 0.617. The van der Waals surface area contributed by atoms with E-state index >= 15 is 0 Å². The minimum Gasteiger partial charge on any atom is -0.396 e. The van der Waals surface area contributed by atoms with Crippen LogP contribution >= 0.6 is 0 Å². The maximum absolute atomic E-state index is 12.9. The number of pyridine rings is 1. The van der Waals surface area contributed by atoms with Gasteiger partial charge < -0.3 is 30.1 Å². The molecular formula is C28H38N6O3. The Morgan fingerprint density at radius 2 is 1.73 bits per heavy atom. The van der Waals surface area contributed by atoms with E-state index in [0.717, 1.165) is 48.7 Å². The summed E-state index contributed by atoms with van der Waals surface area (Å²) in [7, 11) is 1.62. The molecule has 2 saturated heterocycles. The molecule has 2 N–H and O–H groups in total. The smallest absolute Gasteiger partial charge is 0.253 e. The number of nitrogens with zero attached hydrogens (tertiary/aromatic N) is 5. The fourth-order valence-electron chi connectivity index (χ4n) is 5.45. The highest BCUT2D eigenvalue weighted by molar-refractivity contribution is 5.94. The van der Waals surface area contributed by atoms with Crippen molar-refractivity contribution in [1.29, 1.82) is 0 Å². The Morgan fingerprint density at radius 3 is 2.38 bits per heavy atom. The number of nitrogen functional groups attached to an aromatic ring is 1. The van der Waals surface area contributed by atoms with Gasteiger partial charge in [-0.3, -0.25) is 9.59 Å². The topological polar surface area (TPSA) is 95.2 Å². The van der Waals surface area contributed by atoms with Crippen molar-refractivity contribution in [3.63, 3.8) is 0 Å². The summed E-state index contributed by atoms with van der Waals surface area (Å²) in [4.78, 5) is 39.0. The number of hydrogen-bond donors (Lipinski definition) is 1. The van der Waals surface area contributed by atoms with Gasteiger partial charge in [-0.25, -0.2) is 4.98 Å². The molecule has 0 unspecified atom stereocenters. The predicted octanol–water partition coefficient (Wildman–Crippen LogP) is 2.58. The van der Waals surface area contributed by atoms with Gasteiger partial charge >= 0.3 is 0 Å². The lowest BCUT2D eigenvalue weighted by molar-refractivity contribution is -0.134. The summed E-state index contributed by atoms with van der Waals surface area (Å²) in [5.74, 6) is 1.52. The monoisotopic (exact) mass is 506 g/mol. The van der Waals surface area contributed by atoms with Gasteiger partial charge in [0.1, 0.15) is 0 Å². The first-order valence-corrected chi connectivity index (χ1v) is 13.4. The molecule has 1 saturated carbocycles. The predicted molar refractivity (Wildman–Crippen MR) is 145 cm³/mol. The Hall–Kier alpha value is -3.33. The van der Waals surface area contributed by atoms with Crippen molar-refractivity contribution in [2.24, 2.45) is 0 Å². The van der Waals surface area contributed by atoms with E-state index < -0.39 is 0 Å². The number of nitrogens with two attached hydrogens (primary N) is 1. The van der Waals surface area contributed by atoms with E-state index in [1.54, 1.807) is 7.11 Å². The van der Waals surface area contributed by atoms with Crippen molar-refractivity contribution in [3.05, 3.63) is 47.7 Å². The van der Waals surface area contributed by atoms with E-state index in [4.69, 9.17) is 15.5 Å². The van der Waals surface area contributed by atoms with Gasteiger partial charge in [-0.05, 0) is 38.0 Å². The van der Waals surface area contributed by atoms with Crippen LogP contribution in [0.1, 0.15) is 48.2 Å². The molecule has 3 heterocycles. The number of piperazine rings is 2. The van der Waals surface area contributed by atoms with Gasteiger partial charge in [-0.2, -0.15) is 0 Å². The molecule has 9 nitrogen and oxygen atoms in total. The Balaban J connectivity index is 1.28. The number of rotatable bonds is 7. The van der Waals surface area contributed by atoms with Gasteiger partial charge in [0.15, 0.2) is 5.82 Å². The average Bonchev–Trinajstić information content (AvgIpc) is 3.77. The van der Waals surface area contributed by atoms with Gasteiger partial charge in [0, 0.05) is 70.4 Å². The van der Waals surface area contributed by atoms with Crippen molar-refractivity contribution >= 4 is 29.0 Å². The lowest BCUT2D eigenvalue weighted by Crippen LogP contribution is -2.54. The molecule has 3 aliphatic rings. The molecule has 37 heavy (non-hydrogen) atoms. The molecule has 2 amide bonds. The third-order valence-electron chi connectivity index (χ3n) is 7.70. The summed E-state index contributed by atoms with van der Waals surface area (Å²) < 4.78 is 5.08. The Bertz CT molecular complexity index is 1110. The van der Waals surface area contributed by atoms with E-state index in [1.165, 1.54) is 0 Å². The van der Waals surface area contributed by atoms with Crippen molar-refractivity contribution in [2.45, 2.75) is 38.1 Å². The van der Waals surface area contributed by atoms with Crippen LogP contribution in [-0.2, 0) is 9.53 Å². The number of anilines is 3. The average molecular weight is 507 g/mol. The van der Waals surface area contributed by atoms with Crippen LogP contribution in [0.3, 0.4) is 0 Å². The lowest BCUT2D eigenvalue weighted by Gasteiger charge is -2.41. The standard InChI is InChI=1S/C28H38N6O3/c1-20-19-33(15-16-34(20)25(35)10-17-37-2)27-23(29)18-24(26(30-27)21-8-9-21)31-11-13-32(14-12-31)28(36)22-6-4-3-5-7-22/h3-7,18,20-21H,8-17,19,29H2,1-2H3/t20-/m1/s1. The number of methoxy groups -OCH3 is 1. The first kappa shape index (κ1) is 25.3. The zero-order chi connectivity index (χ0) is 25.9. The molecule has 1 aromatic carbocycles. The molecule has 2 aromatic rings. The van der Waals surface area contributed by atoms with Crippen LogP contribution in [0.25, 0.3) is 0 Å². The number of carbonyl (C=O) groups is 2. The molecule has 1 aliphatic carbocycles. The van der Waals surface area contributed by atoms with Crippen molar-refractivity contribution in [2.75, 3.05) is 75.1 Å². The number of aromatic nitrogens is 1. The molecule has 3 fully saturated rings. The third kappa shape index (κ3) is 5.51. The fourth-order valence-corrected chi connectivity index (χ4v) is 5.45. The highest BCUT2D eigenvalue weighted by atomic mass is 16.5. The maximum Gasteiger partial charge on any atom is 0.253 e. The van der Waals surface area contributed by atoms with Crippen LogP contribution < -0.4 is 15.5 Å². The number of amides is 2. The first-order valence-electron chi connectivity index (χ1n) is 13.4. The normalized spacial score (nSPS) is 20.3. The van der Waals surface area contributed by atoms with Crippen molar-refractivity contribution < 1.29 is 14.3 Å². The van der Waals surface area contributed by atoms with Gasteiger partial charge in [0.2, 0.25) is 5.91 Å². The third-order valence-corrected chi connectivity index (χ3v) is 7.70. The van der Waals surface area contributed by atoms with Gasteiger partial charge in [-0.15, -0.1) is 0 Å².